The largest absolute Gasteiger partial charge is 0.507 e. The molecule has 2 aliphatic heterocycles. The summed E-state index contributed by atoms with van der Waals surface area (Å²) in [6.45, 7) is 0. The van der Waals surface area contributed by atoms with Crippen molar-refractivity contribution in [3.8, 4) is 34.0 Å². The van der Waals surface area contributed by atoms with E-state index in [0.29, 0.717) is 29.6 Å². The number of aromatic amines is 1. The van der Waals surface area contributed by atoms with E-state index in [1.165, 1.54) is 12.4 Å². The van der Waals surface area contributed by atoms with Crippen molar-refractivity contribution in [2.24, 2.45) is 0 Å². The Morgan fingerprint density at radius 3 is 2.79 bits per heavy atom. The number of nitrogens with one attached hydrogen (secondary N) is 2. The highest BCUT2D eigenvalue weighted by Crippen LogP contribution is 2.33. The minimum atomic E-state index is -1.04. The first kappa shape index (κ1) is 17.1. The molecule has 1 aromatic carbocycles. The summed E-state index contributed by atoms with van der Waals surface area (Å²) in [7, 11) is 0. The molecule has 0 aliphatic carbocycles. The van der Waals surface area contributed by atoms with Crippen molar-refractivity contribution in [2.45, 2.75) is 43.6 Å². The maximum atomic E-state index is 14.5. The lowest BCUT2D eigenvalue weighted by molar-refractivity contribution is 0.0425. The molecule has 2 saturated heterocycles. The number of benzene rings is 1. The summed E-state index contributed by atoms with van der Waals surface area (Å²) in [5.41, 5.74) is 2.81. The van der Waals surface area contributed by atoms with Crippen molar-refractivity contribution < 1.29 is 14.2 Å². The van der Waals surface area contributed by atoms with Gasteiger partial charge in [-0.15, -0.1) is 0 Å². The average Bonchev–Trinajstić information content (AvgIpc) is 3.37. The Bertz CT molecular complexity index is 963. The molecule has 28 heavy (non-hydrogen) atoms. The molecule has 4 heterocycles. The smallest absolute Gasteiger partial charge is 0.232 e. The average molecular weight is 381 g/mol. The highest BCUT2D eigenvalue weighted by Gasteiger charge is 2.43. The lowest BCUT2D eigenvalue weighted by atomic mass is 10.0. The molecule has 4 atom stereocenters. The molecule has 2 fully saturated rings. The molecule has 0 amide bonds. The molecule has 7 nitrogen and oxygen atoms in total. The van der Waals surface area contributed by atoms with Gasteiger partial charge in [-0.25, -0.2) is 14.4 Å². The van der Waals surface area contributed by atoms with Crippen molar-refractivity contribution in [2.75, 3.05) is 0 Å². The summed E-state index contributed by atoms with van der Waals surface area (Å²) in [4.78, 5) is 8.61. The fraction of sp³-hybridized carbons (Fsp3) is 0.350. The Morgan fingerprint density at radius 1 is 1.11 bits per heavy atom. The summed E-state index contributed by atoms with van der Waals surface area (Å²) >= 11 is 0. The van der Waals surface area contributed by atoms with Crippen molar-refractivity contribution in [3.63, 3.8) is 0 Å². The summed E-state index contributed by atoms with van der Waals surface area (Å²) < 4.78 is 20.3. The van der Waals surface area contributed by atoms with E-state index >= 15 is 0 Å². The first-order chi connectivity index (χ1) is 13.7. The van der Waals surface area contributed by atoms with Gasteiger partial charge in [0.2, 0.25) is 5.88 Å². The monoisotopic (exact) mass is 381 g/mol. The Hall–Kier alpha value is -3.00. The summed E-state index contributed by atoms with van der Waals surface area (Å²) in [5, 5.41) is 20.3. The number of nitrogens with zero attached hydrogens (tertiary/aromatic N) is 3. The lowest BCUT2D eigenvalue weighted by Gasteiger charge is -2.32. The molecule has 0 saturated carbocycles. The third-order valence-corrected chi connectivity index (χ3v) is 5.54. The van der Waals surface area contributed by atoms with Crippen LogP contribution in [0.5, 0.6) is 11.6 Å². The number of aromatic hydroxyl groups is 1. The standard InChI is InChI=1S/C20H20FN5O2/c21-20-15-4-2-13(26-15)6-18(20)28-19-10-22-16(9-23-19)14-3-1-11(5-17(14)27)12-7-24-25-8-12/h1,3,5,7-10,13,15,18,20,26-27H,2,4,6H2,(H,24,25)/t13-,15+,18-,20+/m1/s1. The topological polar surface area (TPSA) is 96.0 Å². The van der Waals surface area contributed by atoms with E-state index in [1.807, 2.05) is 6.07 Å². The number of H-pyrrole nitrogens is 1. The fourth-order valence-corrected chi connectivity index (χ4v) is 4.08. The SMILES string of the molecule is Oc1cc(-c2cn[nH]c2)ccc1-c1cnc(O[C@@H]2C[C@H]3CC[C@H](N3)[C@@H]2F)cn1. The van der Waals surface area contributed by atoms with Gasteiger partial charge in [-0.2, -0.15) is 5.10 Å². The molecule has 5 rings (SSSR count). The first-order valence-electron chi connectivity index (χ1n) is 9.39. The van der Waals surface area contributed by atoms with Crippen LogP contribution in [0.25, 0.3) is 22.4 Å². The number of halogens is 1. The minimum Gasteiger partial charge on any atom is -0.507 e. The van der Waals surface area contributed by atoms with E-state index in [4.69, 9.17) is 4.74 Å². The number of phenolic OH excluding ortho intramolecular Hbond substituents is 1. The maximum Gasteiger partial charge on any atom is 0.232 e. The number of alkyl halides is 1. The van der Waals surface area contributed by atoms with Gasteiger partial charge in [0, 0.05) is 35.8 Å². The number of fused-ring (bicyclic) bond motifs is 2. The molecule has 2 aliphatic rings. The zero-order valence-electron chi connectivity index (χ0n) is 15.0. The number of piperidine rings is 1. The Labute approximate surface area is 161 Å². The van der Waals surface area contributed by atoms with Gasteiger partial charge in [-0.1, -0.05) is 6.07 Å². The normalized spacial score (nSPS) is 26.3. The van der Waals surface area contributed by atoms with Crippen LogP contribution in [0.15, 0.2) is 43.0 Å². The molecule has 3 N–H and O–H groups in total. The Kier molecular flexibility index (Phi) is 4.20. The van der Waals surface area contributed by atoms with E-state index in [-0.39, 0.29) is 11.8 Å². The zero-order chi connectivity index (χ0) is 19.1. The van der Waals surface area contributed by atoms with E-state index in [9.17, 15) is 9.50 Å². The van der Waals surface area contributed by atoms with Gasteiger partial charge < -0.3 is 15.2 Å². The zero-order valence-corrected chi connectivity index (χ0v) is 15.0. The number of rotatable bonds is 4. The second-order valence-corrected chi connectivity index (χ2v) is 7.34. The number of aromatic nitrogens is 4. The first-order valence-corrected chi connectivity index (χ1v) is 9.39. The van der Waals surface area contributed by atoms with Gasteiger partial charge in [-0.3, -0.25) is 5.10 Å². The highest BCUT2D eigenvalue weighted by molar-refractivity contribution is 5.73. The van der Waals surface area contributed by atoms with Crippen LogP contribution in [0, 0.1) is 0 Å². The van der Waals surface area contributed by atoms with Gasteiger partial charge in [0.05, 0.1) is 24.3 Å². The van der Waals surface area contributed by atoms with Crippen molar-refractivity contribution in [3.05, 3.63) is 43.0 Å². The van der Waals surface area contributed by atoms with Crippen LogP contribution in [0.3, 0.4) is 0 Å². The van der Waals surface area contributed by atoms with Gasteiger partial charge in [0.25, 0.3) is 0 Å². The molecule has 144 valence electrons. The van der Waals surface area contributed by atoms with Crippen molar-refractivity contribution >= 4 is 0 Å². The predicted octanol–water partition coefficient (Wildman–Crippen LogP) is 2.85. The highest BCUT2D eigenvalue weighted by atomic mass is 19.1. The molecular formula is C20H20FN5O2. The van der Waals surface area contributed by atoms with Crippen LogP contribution in [0.4, 0.5) is 4.39 Å². The van der Waals surface area contributed by atoms with Crippen LogP contribution in [-0.4, -0.2) is 49.6 Å². The maximum absolute atomic E-state index is 14.5. The summed E-state index contributed by atoms with van der Waals surface area (Å²) in [6.07, 6.45) is 7.39. The molecule has 0 spiro atoms. The predicted molar refractivity (Wildman–Crippen MR) is 101 cm³/mol. The van der Waals surface area contributed by atoms with E-state index in [1.54, 1.807) is 24.5 Å². The van der Waals surface area contributed by atoms with E-state index < -0.39 is 12.3 Å². The second kappa shape index (κ2) is 6.87. The molecule has 0 unspecified atom stereocenters. The van der Waals surface area contributed by atoms with E-state index in [2.05, 4.69) is 25.5 Å². The molecule has 2 bridgehead atoms. The molecule has 2 aromatic heterocycles. The molecular weight excluding hydrogens is 361 g/mol. The third-order valence-electron chi connectivity index (χ3n) is 5.54. The van der Waals surface area contributed by atoms with Crippen LogP contribution in [0.2, 0.25) is 0 Å². The van der Waals surface area contributed by atoms with Gasteiger partial charge in [0.1, 0.15) is 11.9 Å². The van der Waals surface area contributed by atoms with E-state index in [0.717, 1.165) is 24.0 Å². The Morgan fingerprint density at radius 2 is 2.04 bits per heavy atom. The van der Waals surface area contributed by atoms with Crippen molar-refractivity contribution in [1.82, 2.24) is 25.5 Å². The second-order valence-electron chi connectivity index (χ2n) is 7.34. The number of hydrogen-bond acceptors (Lipinski definition) is 6. The molecule has 0 radical (unpaired) electrons. The quantitative estimate of drug-likeness (QED) is 0.643. The third kappa shape index (κ3) is 3.09. The summed E-state index contributed by atoms with van der Waals surface area (Å²) in [6, 6.07) is 5.51. The minimum absolute atomic E-state index is 0.0976. The van der Waals surface area contributed by atoms with Crippen LogP contribution in [0.1, 0.15) is 19.3 Å². The van der Waals surface area contributed by atoms with Gasteiger partial charge in [-0.05, 0) is 30.5 Å². The van der Waals surface area contributed by atoms with Gasteiger partial charge >= 0.3 is 0 Å². The van der Waals surface area contributed by atoms with Crippen LogP contribution < -0.4 is 10.1 Å². The number of ether oxygens (including phenoxy) is 1. The van der Waals surface area contributed by atoms with Crippen LogP contribution in [-0.2, 0) is 0 Å². The fourth-order valence-electron chi connectivity index (χ4n) is 4.08. The summed E-state index contributed by atoms with van der Waals surface area (Å²) in [5.74, 6) is 0.396. The van der Waals surface area contributed by atoms with Crippen LogP contribution >= 0.6 is 0 Å². The molecule has 8 heteroatoms. The lowest BCUT2D eigenvalue weighted by Crippen LogP contribution is -2.51. The molecule has 3 aromatic rings. The number of phenols is 1. The number of hydrogen-bond donors (Lipinski definition) is 3. The van der Waals surface area contributed by atoms with Gasteiger partial charge in [0.15, 0.2) is 6.17 Å². The van der Waals surface area contributed by atoms with Crippen molar-refractivity contribution in [1.29, 1.82) is 0 Å². The Balaban J connectivity index is 1.32.